The minimum absolute atomic E-state index is 0.256. The molecule has 2 aliphatic heterocycles. The van der Waals surface area contributed by atoms with Crippen LogP contribution in [0.25, 0.3) is 0 Å². The van der Waals surface area contributed by atoms with Crippen molar-refractivity contribution in [1.29, 1.82) is 0 Å². The maximum absolute atomic E-state index is 5.93. The first-order valence-corrected chi connectivity index (χ1v) is 9.18. The van der Waals surface area contributed by atoms with Crippen LogP contribution in [0.4, 0.5) is 0 Å². The van der Waals surface area contributed by atoms with Crippen LogP contribution in [0.1, 0.15) is 65.0 Å². The van der Waals surface area contributed by atoms with Crippen molar-refractivity contribution >= 4 is 11.3 Å². The Balaban J connectivity index is 1.52. The van der Waals surface area contributed by atoms with Gasteiger partial charge in [-0.2, -0.15) is 0 Å². The zero-order valence-corrected chi connectivity index (χ0v) is 14.4. The van der Waals surface area contributed by atoms with E-state index in [1.54, 1.807) is 11.3 Å². The van der Waals surface area contributed by atoms with E-state index in [9.17, 15) is 0 Å². The molecular formula is C17H22N2O3S. The van der Waals surface area contributed by atoms with E-state index in [1.807, 2.05) is 0 Å². The second-order valence-corrected chi connectivity index (χ2v) is 7.51. The van der Waals surface area contributed by atoms with Gasteiger partial charge in [0.1, 0.15) is 6.61 Å². The normalized spacial score (nSPS) is 21.7. The van der Waals surface area contributed by atoms with Crippen LogP contribution in [0, 0.1) is 0 Å². The Morgan fingerprint density at radius 3 is 3.00 bits per heavy atom. The highest BCUT2D eigenvalue weighted by Gasteiger charge is 2.29. The number of aryl methyl sites for hydroxylation is 1. The van der Waals surface area contributed by atoms with Crippen molar-refractivity contribution in [1.82, 2.24) is 9.97 Å². The summed E-state index contributed by atoms with van der Waals surface area (Å²) in [4.78, 5) is 10.8. The van der Waals surface area contributed by atoms with Crippen molar-refractivity contribution in [3.63, 3.8) is 0 Å². The van der Waals surface area contributed by atoms with E-state index in [0.29, 0.717) is 19.1 Å². The molecule has 4 heterocycles. The molecule has 2 atom stereocenters. The average Bonchev–Trinajstić information content (AvgIpc) is 3.19. The van der Waals surface area contributed by atoms with Crippen LogP contribution in [-0.2, 0) is 35.5 Å². The van der Waals surface area contributed by atoms with E-state index in [4.69, 9.17) is 18.9 Å². The molecule has 0 saturated heterocycles. The second kappa shape index (κ2) is 6.34. The molecule has 0 spiro atoms. The van der Waals surface area contributed by atoms with Crippen LogP contribution in [0.15, 0.2) is 4.42 Å². The van der Waals surface area contributed by atoms with Gasteiger partial charge in [-0.25, -0.2) is 9.97 Å². The number of oxazole rings is 1. The summed E-state index contributed by atoms with van der Waals surface area (Å²) in [5, 5.41) is 1.21. The minimum atomic E-state index is 0.256. The van der Waals surface area contributed by atoms with Crippen LogP contribution < -0.4 is 0 Å². The lowest BCUT2D eigenvalue weighted by Gasteiger charge is -2.23. The molecule has 0 aromatic carbocycles. The molecule has 0 saturated carbocycles. The van der Waals surface area contributed by atoms with E-state index < -0.39 is 0 Å². The fourth-order valence-corrected chi connectivity index (χ4v) is 4.36. The van der Waals surface area contributed by atoms with Crippen LogP contribution >= 0.6 is 11.3 Å². The van der Waals surface area contributed by atoms with Crippen LogP contribution in [0.2, 0.25) is 0 Å². The predicted octanol–water partition coefficient (Wildman–Crippen LogP) is 3.57. The first-order valence-electron chi connectivity index (χ1n) is 8.37. The summed E-state index contributed by atoms with van der Waals surface area (Å²) in [6.45, 7) is 7.08. The maximum atomic E-state index is 5.93. The highest BCUT2D eigenvalue weighted by Crippen LogP contribution is 2.37. The second-order valence-electron chi connectivity index (χ2n) is 6.34. The number of nitrogens with zero attached hydrogens (tertiary/aromatic N) is 2. The van der Waals surface area contributed by atoms with Gasteiger partial charge in [0.05, 0.1) is 41.1 Å². The molecule has 2 unspecified atom stereocenters. The molecule has 0 N–H and O–H groups in total. The van der Waals surface area contributed by atoms with E-state index in [2.05, 4.69) is 18.8 Å². The number of thiazole rings is 1. The third-order valence-electron chi connectivity index (χ3n) is 4.58. The zero-order valence-electron chi connectivity index (χ0n) is 13.6. The number of aromatic nitrogens is 2. The van der Waals surface area contributed by atoms with Crippen molar-refractivity contribution < 1.29 is 13.9 Å². The summed E-state index contributed by atoms with van der Waals surface area (Å²) in [6, 6.07) is 0. The Bertz CT molecular complexity index is 671. The van der Waals surface area contributed by atoms with Gasteiger partial charge in [-0.05, 0) is 12.8 Å². The zero-order chi connectivity index (χ0) is 15.8. The molecule has 4 rings (SSSR count). The summed E-state index contributed by atoms with van der Waals surface area (Å²) >= 11 is 1.79. The molecule has 23 heavy (non-hydrogen) atoms. The molecule has 6 heteroatoms. The number of hydrogen-bond donors (Lipinski definition) is 0. The van der Waals surface area contributed by atoms with Crippen molar-refractivity contribution in [3.8, 4) is 0 Å². The Labute approximate surface area is 140 Å². The van der Waals surface area contributed by atoms with Crippen molar-refractivity contribution in [2.75, 3.05) is 13.2 Å². The third kappa shape index (κ3) is 2.95. The monoisotopic (exact) mass is 334 g/mol. The fraction of sp³-hybridized carbons (Fsp3) is 0.647. The van der Waals surface area contributed by atoms with Gasteiger partial charge in [0.15, 0.2) is 11.7 Å². The van der Waals surface area contributed by atoms with Gasteiger partial charge in [-0.15, -0.1) is 11.3 Å². The molecule has 124 valence electrons. The first kappa shape index (κ1) is 15.3. The lowest BCUT2D eigenvalue weighted by molar-refractivity contribution is 0.0859. The number of hydrogen-bond acceptors (Lipinski definition) is 6. The molecule has 2 aromatic rings. The molecule has 0 aliphatic carbocycles. The summed E-state index contributed by atoms with van der Waals surface area (Å²) in [5.41, 5.74) is 2.31. The Morgan fingerprint density at radius 1 is 1.26 bits per heavy atom. The van der Waals surface area contributed by atoms with Crippen LogP contribution in [0.5, 0.6) is 0 Å². The first-order chi connectivity index (χ1) is 11.2. The summed E-state index contributed by atoms with van der Waals surface area (Å²) in [7, 11) is 0. The van der Waals surface area contributed by atoms with Gasteiger partial charge in [0, 0.05) is 18.3 Å². The summed E-state index contributed by atoms with van der Waals surface area (Å²) < 4.78 is 17.2. The molecule has 0 radical (unpaired) electrons. The largest absolute Gasteiger partial charge is 0.443 e. The van der Waals surface area contributed by atoms with Gasteiger partial charge in [-0.3, -0.25) is 0 Å². The van der Waals surface area contributed by atoms with E-state index in [-0.39, 0.29) is 5.92 Å². The van der Waals surface area contributed by atoms with Crippen molar-refractivity contribution in [2.45, 2.75) is 58.2 Å². The minimum Gasteiger partial charge on any atom is -0.443 e. The SMILES string of the molecule is CCc1nc2c(s1)COCC2CC(C)c1nc2c(o1)COCC2. The van der Waals surface area contributed by atoms with Crippen molar-refractivity contribution in [2.24, 2.45) is 0 Å². The molecule has 2 aliphatic rings. The van der Waals surface area contributed by atoms with Crippen LogP contribution in [-0.4, -0.2) is 23.2 Å². The standard InChI is InChI=1S/C17H22N2O3S/c1-3-15-19-16-11(7-21-9-14(16)23-15)6-10(2)17-18-12-4-5-20-8-13(12)22-17/h10-11H,3-9H2,1-2H3. The lowest BCUT2D eigenvalue weighted by Crippen LogP contribution is -2.18. The van der Waals surface area contributed by atoms with E-state index in [1.165, 1.54) is 15.6 Å². The predicted molar refractivity (Wildman–Crippen MR) is 86.8 cm³/mol. The van der Waals surface area contributed by atoms with Crippen LogP contribution in [0.3, 0.4) is 0 Å². The van der Waals surface area contributed by atoms with Gasteiger partial charge < -0.3 is 13.9 Å². The average molecular weight is 334 g/mol. The Hall–Kier alpha value is -1.24. The van der Waals surface area contributed by atoms with Gasteiger partial charge >= 0.3 is 0 Å². The highest BCUT2D eigenvalue weighted by atomic mass is 32.1. The molecule has 0 bridgehead atoms. The van der Waals surface area contributed by atoms with Crippen molar-refractivity contribution in [3.05, 3.63) is 32.9 Å². The Kier molecular flexibility index (Phi) is 4.22. The quantitative estimate of drug-likeness (QED) is 0.855. The summed E-state index contributed by atoms with van der Waals surface area (Å²) in [6.07, 6.45) is 2.81. The molecule has 0 amide bonds. The lowest BCUT2D eigenvalue weighted by atomic mass is 9.92. The smallest absolute Gasteiger partial charge is 0.197 e. The fourth-order valence-electron chi connectivity index (χ4n) is 3.32. The number of fused-ring (bicyclic) bond motifs is 2. The topological polar surface area (TPSA) is 57.4 Å². The highest BCUT2D eigenvalue weighted by molar-refractivity contribution is 7.11. The summed E-state index contributed by atoms with van der Waals surface area (Å²) in [5.74, 6) is 2.33. The Morgan fingerprint density at radius 2 is 2.17 bits per heavy atom. The van der Waals surface area contributed by atoms with Gasteiger partial charge in [0.2, 0.25) is 0 Å². The maximum Gasteiger partial charge on any atom is 0.197 e. The molecule has 0 fully saturated rings. The third-order valence-corrected chi connectivity index (χ3v) is 5.77. The number of ether oxygens (including phenoxy) is 2. The molecule has 2 aromatic heterocycles. The molecular weight excluding hydrogens is 312 g/mol. The van der Waals surface area contributed by atoms with E-state index >= 15 is 0 Å². The number of rotatable bonds is 4. The van der Waals surface area contributed by atoms with Gasteiger partial charge in [0.25, 0.3) is 0 Å². The molecule has 5 nitrogen and oxygen atoms in total. The van der Waals surface area contributed by atoms with Gasteiger partial charge in [-0.1, -0.05) is 13.8 Å². The van der Waals surface area contributed by atoms with E-state index in [0.717, 1.165) is 49.8 Å².